The molecular formula is C14H28N2O2. The van der Waals surface area contributed by atoms with Crippen LogP contribution in [0.2, 0.25) is 0 Å². The van der Waals surface area contributed by atoms with Crippen molar-refractivity contribution in [2.24, 2.45) is 0 Å². The number of carboxylic acids is 1. The van der Waals surface area contributed by atoms with Crippen LogP contribution in [0, 0.1) is 0 Å². The highest BCUT2D eigenvalue weighted by atomic mass is 16.4. The van der Waals surface area contributed by atoms with Crippen molar-refractivity contribution >= 4 is 5.97 Å². The average molecular weight is 256 g/mol. The van der Waals surface area contributed by atoms with Gasteiger partial charge in [0.2, 0.25) is 0 Å². The van der Waals surface area contributed by atoms with E-state index in [1.165, 1.54) is 19.5 Å². The minimum atomic E-state index is -0.669. The number of aliphatic carboxylic acids is 1. The maximum absolute atomic E-state index is 10.4. The Labute approximate surface area is 111 Å². The molecule has 1 atom stereocenters. The number of likely N-dealkylation sites (tertiary alicyclic amines) is 1. The minimum Gasteiger partial charge on any atom is -0.481 e. The van der Waals surface area contributed by atoms with Gasteiger partial charge in [-0.3, -0.25) is 9.69 Å². The predicted molar refractivity (Wildman–Crippen MR) is 73.9 cm³/mol. The number of hydrogen-bond acceptors (Lipinski definition) is 3. The van der Waals surface area contributed by atoms with Crippen molar-refractivity contribution in [3.8, 4) is 0 Å². The monoisotopic (exact) mass is 256 g/mol. The average Bonchev–Trinajstić information content (AvgIpc) is 2.79. The smallest absolute Gasteiger partial charge is 0.303 e. The largest absolute Gasteiger partial charge is 0.481 e. The predicted octanol–water partition coefficient (Wildman–Crippen LogP) is 2.05. The molecule has 106 valence electrons. The summed E-state index contributed by atoms with van der Waals surface area (Å²) >= 11 is 0. The summed E-state index contributed by atoms with van der Waals surface area (Å²) in [7, 11) is 0. The molecule has 0 radical (unpaired) electrons. The molecule has 0 saturated carbocycles. The van der Waals surface area contributed by atoms with Crippen LogP contribution in [0.1, 0.15) is 46.0 Å². The van der Waals surface area contributed by atoms with Gasteiger partial charge in [-0.15, -0.1) is 0 Å². The first kappa shape index (κ1) is 15.4. The zero-order valence-corrected chi connectivity index (χ0v) is 11.9. The van der Waals surface area contributed by atoms with Crippen molar-refractivity contribution in [3.05, 3.63) is 0 Å². The molecule has 4 heteroatoms. The summed E-state index contributed by atoms with van der Waals surface area (Å²) in [5.74, 6) is -0.669. The van der Waals surface area contributed by atoms with Crippen LogP contribution < -0.4 is 0 Å². The van der Waals surface area contributed by atoms with E-state index in [4.69, 9.17) is 5.11 Å². The second-order valence-electron chi connectivity index (χ2n) is 5.17. The topological polar surface area (TPSA) is 43.8 Å². The molecule has 0 aromatic carbocycles. The molecule has 1 rings (SSSR count). The van der Waals surface area contributed by atoms with Gasteiger partial charge in [-0.1, -0.05) is 20.3 Å². The molecule has 1 aliphatic rings. The molecule has 0 aromatic rings. The normalized spacial score (nSPS) is 20.7. The third kappa shape index (κ3) is 5.36. The summed E-state index contributed by atoms with van der Waals surface area (Å²) in [6, 6.07) is 0.735. The van der Waals surface area contributed by atoms with Crippen LogP contribution in [-0.4, -0.2) is 59.6 Å². The van der Waals surface area contributed by atoms with Crippen molar-refractivity contribution < 1.29 is 9.90 Å². The van der Waals surface area contributed by atoms with Crippen LogP contribution in [0.15, 0.2) is 0 Å². The fraction of sp³-hybridized carbons (Fsp3) is 0.929. The lowest BCUT2D eigenvalue weighted by Gasteiger charge is -2.26. The number of likely N-dealkylation sites (N-methyl/N-ethyl adjacent to an activating group) is 1. The number of rotatable bonds is 9. The Bertz CT molecular complexity index is 242. The molecule has 0 amide bonds. The van der Waals surface area contributed by atoms with Crippen molar-refractivity contribution in [2.75, 3.05) is 32.7 Å². The van der Waals surface area contributed by atoms with E-state index in [-0.39, 0.29) is 0 Å². The molecule has 1 N–H and O–H groups in total. The summed E-state index contributed by atoms with van der Waals surface area (Å²) in [6.07, 6.45) is 4.61. The highest BCUT2D eigenvalue weighted by molar-refractivity contribution is 5.66. The molecule has 1 heterocycles. The van der Waals surface area contributed by atoms with Gasteiger partial charge in [0.15, 0.2) is 0 Å². The molecule has 1 aliphatic heterocycles. The van der Waals surface area contributed by atoms with Gasteiger partial charge in [-0.05, 0) is 45.4 Å². The lowest BCUT2D eigenvalue weighted by atomic mass is 10.2. The van der Waals surface area contributed by atoms with Gasteiger partial charge in [-0.2, -0.15) is 0 Å². The summed E-state index contributed by atoms with van der Waals surface area (Å²) < 4.78 is 0. The van der Waals surface area contributed by atoms with E-state index >= 15 is 0 Å². The second-order valence-corrected chi connectivity index (χ2v) is 5.17. The van der Waals surface area contributed by atoms with E-state index in [9.17, 15) is 4.79 Å². The van der Waals surface area contributed by atoms with Crippen LogP contribution in [0.25, 0.3) is 0 Å². The fourth-order valence-electron chi connectivity index (χ4n) is 2.84. The summed E-state index contributed by atoms with van der Waals surface area (Å²) in [6.45, 7) is 10.3. The van der Waals surface area contributed by atoms with Gasteiger partial charge in [0, 0.05) is 19.0 Å². The maximum atomic E-state index is 10.4. The van der Waals surface area contributed by atoms with Gasteiger partial charge in [-0.25, -0.2) is 0 Å². The molecule has 0 aromatic heterocycles. The quantitative estimate of drug-likeness (QED) is 0.641. The Kier molecular flexibility index (Phi) is 7.28. The zero-order chi connectivity index (χ0) is 13.4. The number of carbonyl (C=O) groups is 1. The number of hydrogen-bond donors (Lipinski definition) is 1. The van der Waals surface area contributed by atoms with Gasteiger partial charge < -0.3 is 10.0 Å². The first-order chi connectivity index (χ1) is 8.67. The van der Waals surface area contributed by atoms with Crippen LogP contribution in [0.3, 0.4) is 0 Å². The summed E-state index contributed by atoms with van der Waals surface area (Å²) in [5.41, 5.74) is 0. The van der Waals surface area contributed by atoms with Crippen LogP contribution in [0.5, 0.6) is 0 Å². The van der Waals surface area contributed by atoms with Crippen molar-refractivity contribution in [3.63, 3.8) is 0 Å². The zero-order valence-electron chi connectivity index (χ0n) is 11.9. The minimum absolute atomic E-state index is 0.322. The van der Waals surface area contributed by atoms with E-state index in [0.29, 0.717) is 6.42 Å². The third-order valence-corrected chi connectivity index (χ3v) is 3.94. The molecule has 4 nitrogen and oxygen atoms in total. The first-order valence-electron chi connectivity index (χ1n) is 7.35. The molecule has 0 aliphatic carbocycles. The van der Waals surface area contributed by atoms with Crippen molar-refractivity contribution in [1.82, 2.24) is 9.80 Å². The number of unbranched alkanes of at least 4 members (excludes halogenated alkanes) is 2. The van der Waals surface area contributed by atoms with E-state index in [2.05, 4.69) is 23.6 Å². The fourth-order valence-corrected chi connectivity index (χ4v) is 2.84. The molecule has 1 fully saturated rings. The van der Waals surface area contributed by atoms with Crippen LogP contribution >= 0.6 is 0 Å². The Morgan fingerprint density at radius 3 is 2.61 bits per heavy atom. The Balaban J connectivity index is 2.09. The van der Waals surface area contributed by atoms with Gasteiger partial charge in [0.1, 0.15) is 0 Å². The van der Waals surface area contributed by atoms with E-state index in [0.717, 1.165) is 44.9 Å². The van der Waals surface area contributed by atoms with E-state index < -0.39 is 5.97 Å². The molecular weight excluding hydrogens is 228 g/mol. The molecule has 1 saturated heterocycles. The van der Waals surface area contributed by atoms with Gasteiger partial charge in [0.25, 0.3) is 0 Å². The Hall–Kier alpha value is -0.610. The van der Waals surface area contributed by atoms with Crippen molar-refractivity contribution in [1.29, 1.82) is 0 Å². The SMILES string of the molecule is CCN(CC)C1CCN(CCCCCC(=O)O)C1. The lowest BCUT2D eigenvalue weighted by Crippen LogP contribution is -2.37. The first-order valence-corrected chi connectivity index (χ1v) is 7.35. The van der Waals surface area contributed by atoms with E-state index in [1.54, 1.807) is 0 Å². The Morgan fingerprint density at radius 2 is 2.00 bits per heavy atom. The molecule has 1 unspecified atom stereocenters. The van der Waals surface area contributed by atoms with Gasteiger partial charge >= 0.3 is 5.97 Å². The van der Waals surface area contributed by atoms with Crippen LogP contribution in [0.4, 0.5) is 0 Å². The van der Waals surface area contributed by atoms with Crippen LogP contribution in [-0.2, 0) is 4.79 Å². The standard InChI is InChI=1S/C14H28N2O2/c1-3-16(4-2)13-9-11-15(12-13)10-7-5-6-8-14(17)18/h13H,3-12H2,1-2H3,(H,17,18). The van der Waals surface area contributed by atoms with E-state index in [1.807, 2.05) is 0 Å². The second kappa shape index (κ2) is 8.48. The number of nitrogens with zero attached hydrogens (tertiary/aromatic N) is 2. The Morgan fingerprint density at radius 1 is 1.28 bits per heavy atom. The molecule has 0 spiro atoms. The van der Waals surface area contributed by atoms with Crippen molar-refractivity contribution in [2.45, 2.75) is 52.0 Å². The summed E-state index contributed by atoms with van der Waals surface area (Å²) in [4.78, 5) is 15.5. The highest BCUT2D eigenvalue weighted by Gasteiger charge is 2.25. The summed E-state index contributed by atoms with van der Waals surface area (Å²) in [5, 5.41) is 8.56. The van der Waals surface area contributed by atoms with Gasteiger partial charge in [0.05, 0.1) is 0 Å². The lowest BCUT2D eigenvalue weighted by molar-refractivity contribution is -0.137. The molecule has 18 heavy (non-hydrogen) atoms. The molecule has 0 bridgehead atoms. The highest BCUT2D eigenvalue weighted by Crippen LogP contribution is 2.16. The maximum Gasteiger partial charge on any atom is 0.303 e. The number of carboxylic acid groups (broad SMARTS) is 1. The third-order valence-electron chi connectivity index (χ3n) is 3.94.